The molecule has 1 saturated carbocycles. The molecule has 1 heteroatoms. The van der Waals surface area contributed by atoms with E-state index in [1.54, 1.807) is 0 Å². The number of pyridine rings is 1. The Bertz CT molecular complexity index is 538. The van der Waals surface area contributed by atoms with Crippen molar-refractivity contribution in [3.8, 4) is 0 Å². The Morgan fingerprint density at radius 3 is 2.81 bits per heavy atom. The fourth-order valence-electron chi connectivity index (χ4n) is 2.26. The zero-order valence-electron chi connectivity index (χ0n) is 9.96. The molecule has 16 heavy (non-hydrogen) atoms. The molecule has 0 spiro atoms. The Balaban J connectivity index is 2.16. The Morgan fingerprint density at radius 1 is 1.25 bits per heavy atom. The third-order valence-corrected chi connectivity index (χ3v) is 3.60. The van der Waals surface area contributed by atoms with Crippen LogP contribution in [0.3, 0.4) is 0 Å². The molecule has 0 aliphatic heterocycles. The van der Waals surface area contributed by atoms with Crippen molar-refractivity contribution in [1.29, 1.82) is 0 Å². The molecule has 1 aliphatic rings. The Kier molecular flexibility index (Phi) is 2.20. The van der Waals surface area contributed by atoms with Crippen LogP contribution in [-0.2, 0) is 6.42 Å². The van der Waals surface area contributed by atoms with Crippen LogP contribution >= 0.6 is 0 Å². The smallest absolute Gasteiger partial charge is 0.0708 e. The Labute approximate surface area is 96.5 Å². The predicted molar refractivity (Wildman–Crippen MR) is 67.6 cm³/mol. The summed E-state index contributed by atoms with van der Waals surface area (Å²) in [5.74, 6) is 0.937. The van der Waals surface area contributed by atoms with E-state index in [-0.39, 0.29) is 0 Å². The summed E-state index contributed by atoms with van der Waals surface area (Å²) in [6, 6.07) is 8.83. The van der Waals surface area contributed by atoms with E-state index in [1.807, 2.05) is 0 Å². The number of fused-ring (bicyclic) bond motifs is 1. The van der Waals surface area contributed by atoms with E-state index in [4.69, 9.17) is 0 Å². The lowest BCUT2D eigenvalue weighted by atomic mass is 10.0. The first-order valence-electron chi connectivity index (χ1n) is 6.10. The number of benzene rings is 1. The normalized spacial score (nSPS) is 15.6. The summed E-state index contributed by atoms with van der Waals surface area (Å²) in [7, 11) is 0. The first-order valence-corrected chi connectivity index (χ1v) is 6.10. The van der Waals surface area contributed by atoms with Crippen LogP contribution in [0.1, 0.15) is 29.7 Å². The molecule has 1 nitrogen and oxygen atoms in total. The molecule has 2 aromatic rings. The van der Waals surface area contributed by atoms with E-state index < -0.39 is 0 Å². The van der Waals surface area contributed by atoms with Gasteiger partial charge in [-0.3, -0.25) is 4.98 Å². The monoisotopic (exact) mass is 211 g/mol. The van der Waals surface area contributed by atoms with Crippen molar-refractivity contribution in [1.82, 2.24) is 4.98 Å². The van der Waals surface area contributed by atoms with Crippen molar-refractivity contribution in [2.24, 2.45) is 5.92 Å². The summed E-state index contributed by atoms with van der Waals surface area (Å²) in [4.78, 5) is 4.66. The lowest BCUT2D eigenvalue weighted by Gasteiger charge is -2.08. The maximum absolute atomic E-state index is 4.66. The average Bonchev–Trinajstić information content (AvgIpc) is 3.05. The van der Waals surface area contributed by atoms with Gasteiger partial charge in [0.2, 0.25) is 0 Å². The standard InChI is InChI=1S/C15H17N/c1-10-8-14-13(9-12-6-7-12)4-3-5-15(14)16-11(10)2/h3-5,8,12H,6-7,9H2,1-2H3. The van der Waals surface area contributed by atoms with Crippen LogP contribution in [0.5, 0.6) is 0 Å². The third-order valence-electron chi connectivity index (χ3n) is 3.60. The van der Waals surface area contributed by atoms with E-state index >= 15 is 0 Å². The molecule has 1 aliphatic carbocycles. The van der Waals surface area contributed by atoms with Crippen molar-refractivity contribution in [3.05, 3.63) is 41.1 Å². The van der Waals surface area contributed by atoms with Crippen LogP contribution < -0.4 is 0 Å². The first kappa shape index (κ1) is 9.83. The molecule has 0 unspecified atom stereocenters. The molecule has 0 N–H and O–H groups in total. The van der Waals surface area contributed by atoms with Gasteiger partial charge in [0.15, 0.2) is 0 Å². The molecular weight excluding hydrogens is 194 g/mol. The number of rotatable bonds is 2. The molecule has 0 saturated heterocycles. The van der Waals surface area contributed by atoms with Crippen LogP contribution in [0, 0.1) is 19.8 Å². The fourth-order valence-corrected chi connectivity index (χ4v) is 2.26. The summed E-state index contributed by atoms with van der Waals surface area (Å²) in [6.07, 6.45) is 4.06. The minimum Gasteiger partial charge on any atom is -0.253 e. The van der Waals surface area contributed by atoms with E-state index in [0.717, 1.165) is 17.1 Å². The molecule has 0 bridgehead atoms. The van der Waals surface area contributed by atoms with Gasteiger partial charge in [-0.05, 0) is 62.3 Å². The quantitative estimate of drug-likeness (QED) is 0.736. The summed E-state index contributed by atoms with van der Waals surface area (Å²) in [6.45, 7) is 4.23. The van der Waals surface area contributed by atoms with E-state index in [1.165, 1.54) is 35.8 Å². The molecule has 1 fully saturated rings. The topological polar surface area (TPSA) is 12.9 Å². The van der Waals surface area contributed by atoms with E-state index in [0.29, 0.717) is 0 Å². The molecule has 0 amide bonds. The van der Waals surface area contributed by atoms with Crippen LogP contribution in [0.15, 0.2) is 24.3 Å². The summed E-state index contributed by atoms with van der Waals surface area (Å²) in [5, 5.41) is 1.36. The van der Waals surface area contributed by atoms with Gasteiger partial charge >= 0.3 is 0 Å². The second-order valence-electron chi connectivity index (χ2n) is 5.02. The molecule has 1 heterocycles. The molecule has 82 valence electrons. The van der Waals surface area contributed by atoms with Gasteiger partial charge in [0.25, 0.3) is 0 Å². The summed E-state index contributed by atoms with van der Waals surface area (Å²) >= 11 is 0. The highest BCUT2D eigenvalue weighted by Gasteiger charge is 2.22. The lowest BCUT2D eigenvalue weighted by molar-refractivity contribution is 0.838. The Morgan fingerprint density at radius 2 is 2.06 bits per heavy atom. The lowest BCUT2D eigenvalue weighted by Crippen LogP contribution is -1.93. The van der Waals surface area contributed by atoms with Crippen LogP contribution in [0.25, 0.3) is 10.9 Å². The highest BCUT2D eigenvalue weighted by molar-refractivity contribution is 5.83. The maximum Gasteiger partial charge on any atom is 0.0708 e. The van der Waals surface area contributed by atoms with Crippen molar-refractivity contribution in [2.45, 2.75) is 33.1 Å². The predicted octanol–water partition coefficient (Wildman–Crippen LogP) is 3.80. The molecule has 1 aromatic carbocycles. The molecule has 1 aromatic heterocycles. The highest BCUT2D eigenvalue weighted by atomic mass is 14.7. The largest absolute Gasteiger partial charge is 0.253 e. The highest BCUT2D eigenvalue weighted by Crippen LogP contribution is 2.34. The number of hydrogen-bond acceptors (Lipinski definition) is 1. The third kappa shape index (κ3) is 1.71. The van der Waals surface area contributed by atoms with Gasteiger partial charge in [0, 0.05) is 11.1 Å². The van der Waals surface area contributed by atoms with Crippen molar-refractivity contribution < 1.29 is 0 Å². The second-order valence-corrected chi connectivity index (χ2v) is 5.02. The van der Waals surface area contributed by atoms with Crippen molar-refractivity contribution in [2.75, 3.05) is 0 Å². The zero-order chi connectivity index (χ0) is 11.1. The number of nitrogens with zero attached hydrogens (tertiary/aromatic N) is 1. The van der Waals surface area contributed by atoms with Gasteiger partial charge in [0.05, 0.1) is 5.52 Å². The summed E-state index contributed by atoms with van der Waals surface area (Å²) in [5.41, 5.74) is 5.09. The van der Waals surface area contributed by atoms with Crippen molar-refractivity contribution >= 4 is 10.9 Å². The molecule has 0 atom stereocenters. The van der Waals surface area contributed by atoms with Crippen LogP contribution in [0.4, 0.5) is 0 Å². The average molecular weight is 211 g/mol. The van der Waals surface area contributed by atoms with Crippen LogP contribution in [0.2, 0.25) is 0 Å². The second kappa shape index (κ2) is 3.58. The van der Waals surface area contributed by atoms with Gasteiger partial charge in [-0.1, -0.05) is 12.1 Å². The van der Waals surface area contributed by atoms with Crippen molar-refractivity contribution in [3.63, 3.8) is 0 Å². The number of aromatic nitrogens is 1. The number of hydrogen-bond donors (Lipinski definition) is 0. The SMILES string of the molecule is Cc1cc2c(CC3CC3)cccc2nc1C. The maximum atomic E-state index is 4.66. The molecular formula is C15H17N. The minimum absolute atomic E-state index is 0.937. The van der Waals surface area contributed by atoms with Gasteiger partial charge in [-0.25, -0.2) is 0 Å². The van der Waals surface area contributed by atoms with Crippen LogP contribution in [-0.4, -0.2) is 4.98 Å². The number of aryl methyl sites for hydroxylation is 2. The first-order chi connectivity index (χ1) is 7.74. The van der Waals surface area contributed by atoms with Gasteiger partial charge in [-0.15, -0.1) is 0 Å². The fraction of sp³-hybridized carbons (Fsp3) is 0.400. The van der Waals surface area contributed by atoms with E-state index in [9.17, 15) is 0 Å². The Hall–Kier alpha value is -1.37. The van der Waals surface area contributed by atoms with E-state index in [2.05, 4.69) is 43.1 Å². The molecule has 3 rings (SSSR count). The van der Waals surface area contributed by atoms with Gasteiger partial charge in [-0.2, -0.15) is 0 Å². The van der Waals surface area contributed by atoms with Gasteiger partial charge in [0.1, 0.15) is 0 Å². The zero-order valence-corrected chi connectivity index (χ0v) is 9.96. The summed E-state index contributed by atoms with van der Waals surface area (Å²) < 4.78 is 0. The molecule has 0 radical (unpaired) electrons. The van der Waals surface area contributed by atoms with Gasteiger partial charge < -0.3 is 0 Å². The minimum atomic E-state index is 0.937.